The lowest BCUT2D eigenvalue weighted by Crippen LogP contribution is -2.23. The van der Waals surface area contributed by atoms with Crippen LogP contribution in [0.4, 0.5) is 4.39 Å². The molecule has 1 N–H and O–H groups in total. The van der Waals surface area contributed by atoms with E-state index in [0.29, 0.717) is 17.0 Å². The van der Waals surface area contributed by atoms with E-state index in [4.69, 9.17) is 4.74 Å². The molecule has 4 rings (SSSR count). The Kier molecular flexibility index (Phi) is 6.51. The van der Waals surface area contributed by atoms with E-state index in [2.05, 4.69) is 15.2 Å². The average Bonchev–Trinajstić information content (AvgIpc) is 3.28. The van der Waals surface area contributed by atoms with Gasteiger partial charge in [0.25, 0.3) is 0 Å². The van der Waals surface area contributed by atoms with Crippen LogP contribution >= 0.6 is 11.3 Å². The standard InChI is InChI=1S/C24H21FN4O4S/c1-13(2)21-27-28-22(34-21)15-4-6-17(7-5-15)33-20-11-18(23(30)31)19(25)10-16(20)12-29-9-8-14(3)26-24(29)32/h4-11,13H,12H2,1-3H3,(H,30,31). The van der Waals surface area contributed by atoms with Crippen LogP contribution < -0.4 is 10.4 Å². The number of hydrogen-bond donors (Lipinski definition) is 1. The third-order valence-electron chi connectivity index (χ3n) is 5.00. The van der Waals surface area contributed by atoms with Crippen molar-refractivity contribution in [1.82, 2.24) is 19.7 Å². The second-order valence-electron chi connectivity index (χ2n) is 7.95. The Morgan fingerprint density at radius 1 is 1.18 bits per heavy atom. The van der Waals surface area contributed by atoms with Crippen molar-refractivity contribution in [3.8, 4) is 22.1 Å². The molecule has 0 unspecified atom stereocenters. The van der Waals surface area contributed by atoms with Crippen molar-refractivity contribution in [2.45, 2.75) is 33.2 Å². The van der Waals surface area contributed by atoms with E-state index in [1.807, 2.05) is 26.0 Å². The highest BCUT2D eigenvalue weighted by atomic mass is 32.1. The van der Waals surface area contributed by atoms with Crippen LogP contribution in [0.3, 0.4) is 0 Å². The quantitative estimate of drug-likeness (QED) is 0.402. The number of benzene rings is 2. The summed E-state index contributed by atoms with van der Waals surface area (Å²) in [6, 6.07) is 10.9. The summed E-state index contributed by atoms with van der Waals surface area (Å²) in [4.78, 5) is 27.5. The minimum absolute atomic E-state index is 0.0425. The third-order valence-corrected chi connectivity index (χ3v) is 6.27. The predicted molar refractivity (Wildman–Crippen MR) is 125 cm³/mol. The molecule has 0 amide bonds. The largest absolute Gasteiger partial charge is 0.478 e. The van der Waals surface area contributed by atoms with Crippen molar-refractivity contribution in [2.24, 2.45) is 0 Å². The Morgan fingerprint density at radius 2 is 1.91 bits per heavy atom. The topological polar surface area (TPSA) is 107 Å². The molecule has 0 aliphatic heterocycles. The van der Waals surface area contributed by atoms with Gasteiger partial charge in [-0.05, 0) is 49.4 Å². The summed E-state index contributed by atoms with van der Waals surface area (Å²) in [7, 11) is 0. The Labute approximate surface area is 198 Å². The maximum Gasteiger partial charge on any atom is 0.348 e. The molecule has 0 saturated carbocycles. The number of rotatable bonds is 7. The highest BCUT2D eigenvalue weighted by molar-refractivity contribution is 7.14. The fraction of sp³-hybridized carbons (Fsp3) is 0.208. The molecule has 0 fully saturated rings. The zero-order chi connectivity index (χ0) is 24.4. The van der Waals surface area contributed by atoms with Crippen molar-refractivity contribution in [3.05, 3.63) is 86.8 Å². The first kappa shape index (κ1) is 23.2. The molecule has 174 valence electrons. The van der Waals surface area contributed by atoms with Gasteiger partial charge in [-0.3, -0.25) is 4.57 Å². The van der Waals surface area contributed by atoms with Crippen LogP contribution in [0.25, 0.3) is 10.6 Å². The van der Waals surface area contributed by atoms with E-state index < -0.39 is 23.0 Å². The molecule has 0 aliphatic rings. The number of carboxylic acid groups (broad SMARTS) is 1. The van der Waals surface area contributed by atoms with E-state index in [0.717, 1.165) is 27.7 Å². The Hall–Kier alpha value is -3.92. The number of aromatic nitrogens is 4. The van der Waals surface area contributed by atoms with Gasteiger partial charge in [-0.25, -0.2) is 14.0 Å². The maximum absolute atomic E-state index is 14.4. The van der Waals surface area contributed by atoms with Gasteiger partial charge in [0.2, 0.25) is 0 Å². The molecule has 0 bridgehead atoms. The first-order chi connectivity index (χ1) is 16.2. The molecule has 2 heterocycles. The van der Waals surface area contributed by atoms with Gasteiger partial charge in [0.05, 0.1) is 12.1 Å². The number of aromatic carboxylic acids is 1. The summed E-state index contributed by atoms with van der Waals surface area (Å²) in [5.74, 6) is -1.52. The average molecular weight is 481 g/mol. The van der Waals surface area contributed by atoms with Crippen molar-refractivity contribution in [3.63, 3.8) is 0 Å². The van der Waals surface area contributed by atoms with Gasteiger partial charge in [-0.2, -0.15) is 4.98 Å². The fourth-order valence-electron chi connectivity index (χ4n) is 3.17. The Bertz CT molecular complexity index is 1410. The van der Waals surface area contributed by atoms with Crippen molar-refractivity contribution in [1.29, 1.82) is 0 Å². The zero-order valence-corrected chi connectivity index (χ0v) is 19.5. The van der Waals surface area contributed by atoms with Crippen LogP contribution in [0.1, 0.15) is 46.4 Å². The lowest BCUT2D eigenvalue weighted by atomic mass is 10.1. The summed E-state index contributed by atoms with van der Waals surface area (Å²) in [5.41, 5.74) is 0.682. The van der Waals surface area contributed by atoms with Gasteiger partial charge in [0, 0.05) is 28.9 Å². The predicted octanol–water partition coefficient (Wildman–Crippen LogP) is 4.87. The van der Waals surface area contributed by atoms with Crippen molar-refractivity contribution in [2.75, 3.05) is 0 Å². The number of hydrogen-bond acceptors (Lipinski definition) is 7. The number of halogens is 1. The van der Waals surface area contributed by atoms with Crippen molar-refractivity contribution >= 4 is 17.3 Å². The third kappa shape index (κ3) is 5.01. The highest BCUT2D eigenvalue weighted by Gasteiger charge is 2.18. The van der Waals surface area contributed by atoms with Crippen LogP contribution in [-0.4, -0.2) is 30.8 Å². The fourth-order valence-corrected chi connectivity index (χ4v) is 4.02. The molecule has 8 nitrogen and oxygen atoms in total. The molecule has 10 heteroatoms. The summed E-state index contributed by atoms with van der Waals surface area (Å²) in [6.07, 6.45) is 1.54. The second-order valence-corrected chi connectivity index (χ2v) is 8.96. The molecule has 0 radical (unpaired) electrons. The number of nitrogens with zero attached hydrogens (tertiary/aromatic N) is 4. The second kappa shape index (κ2) is 9.52. The van der Waals surface area contributed by atoms with E-state index in [1.54, 1.807) is 31.3 Å². The van der Waals surface area contributed by atoms with E-state index in [1.165, 1.54) is 15.9 Å². The molecular formula is C24H21FN4O4S. The van der Waals surface area contributed by atoms with E-state index >= 15 is 0 Å². The molecule has 2 aromatic heterocycles. The van der Waals surface area contributed by atoms with Crippen LogP contribution in [-0.2, 0) is 6.54 Å². The maximum atomic E-state index is 14.4. The number of carboxylic acids is 1. The summed E-state index contributed by atoms with van der Waals surface area (Å²) in [6.45, 7) is 5.75. The molecule has 4 aromatic rings. The lowest BCUT2D eigenvalue weighted by Gasteiger charge is -2.14. The number of carbonyl (C=O) groups is 1. The lowest BCUT2D eigenvalue weighted by molar-refractivity contribution is 0.0691. The van der Waals surface area contributed by atoms with Gasteiger partial charge in [-0.15, -0.1) is 10.2 Å². The van der Waals surface area contributed by atoms with Crippen molar-refractivity contribution < 1.29 is 19.0 Å². The Balaban J connectivity index is 1.66. The smallest absolute Gasteiger partial charge is 0.348 e. The van der Waals surface area contributed by atoms with Crippen LogP contribution in [0, 0.1) is 12.7 Å². The number of aryl methyl sites for hydroxylation is 1. The van der Waals surface area contributed by atoms with Gasteiger partial charge >= 0.3 is 11.7 Å². The van der Waals surface area contributed by atoms with Crippen LogP contribution in [0.2, 0.25) is 0 Å². The summed E-state index contributed by atoms with van der Waals surface area (Å²) < 4.78 is 21.7. The minimum atomic E-state index is -1.42. The highest BCUT2D eigenvalue weighted by Crippen LogP contribution is 2.32. The molecular weight excluding hydrogens is 459 g/mol. The molecule has 34 heavy (non-hydrogen) atoms. The monoisotopic (exact) mass is 480 g/mol. The van der Waals surface area contributed by atoms with Gasteiger partial charge in [0.1, 0.15) is 27.3 Å². The van der Waals surface area contributed by atoms with E-state index in [9.17, 15) is 19.1 Å². The molecule has 2 aromatic carbocycles. The van der Waals surface area contributed by atoms with Gasteiger partial charge < -0.3 is 9.84 Å². The van der Waals surface area contributed by atoms with Gasteiger partial charge in [0.15, 0.2) is 0 Å². The van der Waals surface area contributed by atoms with Crippen LogP contribution in [0.5, 0.6) is 11.5 Å². The molecule has 0 spiro atoms. The SMILES string of the molecule is Cc1ccn(Cc2cc(F)c(C(=O)O)cc2Oc2ccc(-c3nnc(C(C)C)s3)cc2)c(=O)n1. The van der Waals surface area contributed by atoms with Crippen LogP contribution in [0.15, 0.2) is 53.5 Å². The summed E-state index contributed by atoms with van der Waals surface area (Å²) in [5, 5.41) is 19.5. The zero-order valence-electron chi connectivity index (χ0n) is 18.7. The Morgan fingerprint density at radius 3 is 2.53 bits per heavy atom. The van der Waals surface area contributed by atoms with E-state index in [-0.39, 0.29) is 18.2 Å². The minimum Gasteiger partial charge on any atom is -0.478 e. The summed E-state index contributed by atoms with van der Waals surface area (Å²) >= 11 is 1.51. The molecule has 0 atom stereocenters. The number of ether oxygens (including phenoxy) is 1. The first-order valence-electron chi connectivity index (χ1n) is 10.4. The van der Waals surface area contributed by atoms with Gasteiger partial charge in [-0.1, -0.05) is 25.2 Å². The molecule has 0 aliphatic carbocycles. The normalized spacial score (nSPS) is 11.1. The molecule has 0 saturated heterocycles. The first-order valence-corrected chi connectivity index (χ1v) is 11.2.